The third-order valence-corrected chi connectivity index (χ3v) is 4.90. The molecule has 2 rings (SSSR count). The Hall–Kier alpha value is -2.08. The Labute approximate surface area is 154 Å². The lowest BCUT2D eigenvalue weighted by molar-refractivity contribution is 0.222. The molecule has 5 nitrogen and oxygen atoms in total. The smallest absolute Gasteiger partial charge is 0.191 e. The minimum atomic E-state index is 0.0338. The van der Waals surface area contributed by atoms with Crippen LogP contribution in [0.5, 0.6) is 5.75 Å². The van der Waals surface area contributed by atoms with Gasteiger partial charge in [0.15, 0.2) is 5.96 Å². The zero-order chi connectivity index (χ0) is 18.2. The lowest BCUT2D eigenvalue weighted by atomic mass is 10.2. The van der Waals surface area contributed by atoms with Gasteiger partial charge < -0.3 is 15.4 Å². The van der Waals surface area contributed by atoms with Gasteiger partial charge in [0.25, 0.3) is 0 Å². The average Bonchev–Trinajstić information content (AvgIpc) is 3.06. The predicted molar refractivity (Wildman–Crippen MR) is 106 cm³/mol. The summed E-state index contributed by atoms with van der Waals surface area (Å²) in [6.45, 7) is 9.74. The van der Waals surface area contributed by atoms with Crippen molar-refractivity contribution in [3.8, 4) is 5.75 Å². The van der Waals surface area contributed by atoms with Crippen LogP contribution in [0.1, 0.15) is 43.0 Å². The molecule has 1 aromatic heterocycles. The van der Waals surface area contributed by atoms with Crippen LogP contribution in [0.3, 0.4) is 0 Å². The molecule has 0 amide bonds. The summed E-state index contributed by atoms with van der Waals surface area (Å²) in [5.74, 6) is 2.14. The number of nitrogens with one attached hydrogen (secondary N) is 2. The second-order valence-corrected chi connectivity index (χ2v) is 7.22. The van der Waals surface area contributed by atoms with E-state index >= 15 is 0 Å². The number of aromatic nitrogens is 1. The van der Waals surface area contributed by atoms with Crippen molar-refractivity contribution >= 4 is 17.3 Å². The molecule has 1 unspecified atom stereocenters. The van der Waals surface area contributed by atoms with Gasteiger partial charge in [0.1, 0.15) is 11.9 Å². The van der Waals surface area contributed by atoms with Crippen molar-refractivity contribution in [3.63, 3.8) is 0 Å². The van der Waals surface area contributed by atoms with Gasteiger partial charge >= 0.3 is 0 Å². The van der Waals surface area contributed by atoms with Crippen LogP contribution in [0.2, 0.25) is 0 Å². The number of para-hydroxylation sites is 1. The number of guanidine groups is 1. The fraction of sp³-hybridized carbons (Fsp3) is 0.474. The van der Waals surface area contributed by atoms with Crippen molar-refractivity contribution in [2.45, 2.75) is 46.3 Å². The lowest BCUT2D eigenvalue weighted by Gasteiger charge is -2.18. The zero-order valence-corrected chi connectivity index (χ0v) is 16.5. The van der Waals surface area contributed by atoms with E-state index in [0.29, 0.717) is 19.0 Å². The Bertz CT molecular complexity index is 696. The number of rotatable bonds is 7. The highest BCUT2D eigenvalue weighted by atomic mass is 32.1. The maximum absolute atomic E-state index is 5.98. The van der Waals surface area contributed by atoms with Crippen molar-refractivity contribution in [1.82, 2.24) is 15.6 Å². The zero-order valence-electron chi connectivity index (χ0n) is 15.7. The molecular weight excluding hydrogens is 332 g/mol. The molecule has 25 heavy (non-hydrogen) atoms. The third-order valence-electron chi connectivity index (χ3n) is 3.70. The quantitative estimate of drug-likeness (QED) is 0.584. The molecule has 2 aromatic rings. The van der Waals surface area contributed by atoms with E-state index in [1.165, 1.54) is 5.01 Å². The van der Waals surface area contributed by atoms with E-state index in [0.717, 1.165) is 23.0 Å². The van der Waals surface area contributed by atoms with Crippen LogP contribution in [0.4, 0.5) is 0 Å². The molecule has 2 N–H and O–H groups in total. The fourth-order valence-corrected chi connectivity index (χ4v) is 3.09. The molecule has 0 fully saturated rings. The Balaban J connectivity index is 1.78. The molecule has 136 valence electrons. The first-order chi connectivity index (χ1) is 12.0. The fourth-order valence-electron chi connectivity index (χ4n) is 2.25. The molecule has 0 spiro atoms. The molecule has 0 aliphatic carbocycles. The molecule has 6 heteroatoms. The maximum Gasteiger partial charge on any atom is 0.191 e. The largest absolute Gasteiger partial charge is 0.489 e. The van der Waals surface area contributed by atoms with E-state index in [2.05, 4.69) is 52.8 Å². The number of hydrogen-bond donors (Lipinski definition) is 2. The highest BCUT2D eigenvalue weighted by molar-refractivity contribution is 7.09. The average molecular weight is 361 g/mol. The SMILES string of the molecule is CN=C(NCc1csc(C(C)C)n1)NCC(C)Oc1ccccc1C. The first-order valence-corrected chi connectivity index (χ1v) is 9.48. The number of nitrogens with zero attached hydrogens (tertiary/aromatic N) is 2. The summed E-state index contributed by atoms with van der Waals surface area (Å²) in [5, 5.41) is 9.86. The first-order valence-electron chi connectivity index (χ1n) is 8.60. The third kappa shape index (κ3) is 6.05. The van der Waals surface area contributed by atoms with Crippen molar-refractivity contribution in [2.75, 3.05) is 13.6 Å². The summed E-state index contributed by atoms with van der Waals surface area (Å²) >= 11 is 1.71. The molecule has 0 saturated carbocycles. The van der Waals surface area contributed by atoms with Crippen LogP contribution >= 0.6 is 11.3 Å². The number of hydrogen-bond acceptors (Lipinski definition) is 4. The summed E-state index contributed by atoms with van der Waals surface area (Å²) < 4.78 is 5.98. The first kappa shape index (κ1) is 19.2. The van der Waals surface area contributed by atoms with Gasteiger partial charge in [-0.2, -0.15) is 0 Å². The molecule has 1 atom stereocenters. The lowest BCUT2D eigenvalue weighted by Crippen LogP contribution is -2.41. The second-order valence-electron chi connectivity index (χ2n) is 6.33. The topological polar surface area (TPSA) is 58.5 Å². The van der Waals surface area contributed by atoms with Crippen LogP contribution in [0.25, 0.3) is 0 Å². The van der Waals surface area contributed by atoms with Crippen molar-refractivity contribution < 1.29 is 4.74 Å². The van der Waals surface area contributed by atoms with E-state index in [1.807, 2.05) is 25.1 Å². The normalized spacial score (nSPS) is 13.0. The number of aliphatic imine (C=N–C) groups is 1. The summed E-state index contributed by atoms with van der Waals surface area (Å²) in [5.41, 5.74) is 2.18. The Morgan fingerprint density at radius 3 is 2.64 bits per heavy atom. The number of ether oxygens (including phenoxy) is 1. The molecule has 0 aliphatic heterocycles. The van der Waals surface area contributed by atoms with Gasteiger partial charge in [-0.1, -0.05) is 32.0 Å². The van der Waals surface area contributed by atoms with Crippen LogP contribution in [-0.4, -0.2) is 30.6 Å². The van der Waals surface area contributed by atoms with Gasteiger partial charge in [-0.3, -0.25) is 4.99 Å². The minimum absolute atomic E-state index is 0.0338. The van der Waals surface area contributed by atoms with Gasteiger partial charge in [-0.05, 0) is 25.5 Å². The molecule has 0 radical (unpaired) electrons. The van der Waals surface area contributed by atoms with E-state index in [1.54, 1.807) is 18.4 Å². The Kier molecular flexibility index (Phi) is 7.25. The number of aryl methyl sites for hydroxylation is 1. The molecule has 0 saturated heterocycles. The molecule has 0 aliphatic rings. The Morgan fingerprint density at radius 1 is 1.24 bits per heavy atom. The molecule has 1 aromatic carbocycles. The maximum atomic E-state index is 5.98. The van der Waals surface area contributed by atoms with E-state index in [4.69, 9.17) is 4.74 Å². The van der Waals surface area contributed by atoms with Crippen LogP contribution < -0.4 is 15.4 Å². The molecule has 1 heterocycles. The van der Waals surface area contributed by atoms with Gasteiger partial charge in [0.05, 0.1) is 23.8 Å². The van der Waals surface area contributed by atoms with Gasteiger partial charge in [0.2, 0.25) is 0 Å². The molecule has 0 bridgehead atoms. The monoisotopic (exact) mass is 360 g/mol. The summed E-state index contributed by atoms with van der Waals surface area (Å²) in [6.07, 6.45) is 0.0338. The highest BCUT2D eigenvalue weighted by Gasteiger charge is 2.09. The van der Waals surface area contributed by atoms with E-state index < -0.39 is 0 Å². The van der Waals surface area contributed by atoms with E-state index in [-0.39, 0.29) is 6.10 Å². The summed E-state index contributed by atoms with van der Waals surface area (Å²) in [4.78, 5) is 8.88. The van der Waals surface area contributed by atoms with E-state index in [9.17, 15) is 0 Å². The van der Waals surface area contributed by atoms with Gasteiger partial charge in [-0.25, -0.2) is 4.98 Å². The minimum Gasteiger partial charge on any atom is -0.489 e. The van der Waals surface area contributed by atoms with Crippen LogP contribution in [0, 0.1) is 6.92 Å². The number of thiazole rings is 1. The van der Waals surface area contributed by atoms with Crippen molar-refractivity contribution in [2.24, 2.45) is 4.99 Å². The standard InChI is InChI=1S/C19H28N4OS/c1-13(2)18-23-16(12-25-18)11-22-19(20-5)21-10-15(4)24-17-9-7-6-8-14(17)3/h6-9,12-13,15H,10-11H2,1-5H3,(H2,20,21,22). The van der Waals surface area contributed by atoms with Crippen molar-refractivity contribution in [1.29, 1.82) is 0 Å². The number of benzene rings is 1. The van der Waals surface area contributed by atoms with Gasteiger partial charge in [0, 0.05) is 18.3 Å². The van der Waals surface area contributed by atoms with Crippen LogP contribution in [-0.2, 0) is 6.54 Å². The van der Waals surface area contributed by atoms with Crippen LogP contribution in [0.15, 0.2) is 34.6 Å². The summed E-state index contributed by atoms with van der Waals surface area (Å²) in [6, 6.07) is 8.05. The van der Waals surface area contributed by atoms with Gasteiger partial charge in [-0.15, -0.1) is 11.3 Å². The predicted octanol–water partition coefficient (Wildman–Crippen LogP) is 3.71. The molecular formula is C19H28N4OS. The highest BCUT2D eigenvalue weighted by Crippen LogP contribution is 2.19. The van der Waals surface area contributed by atoms with Crippen molar-refractivity contribution in [3.05, 3.63) is 45.9 Å². The summed E-state index contributed by atoms with van der Waals surface area (Å²) in [7, 11) is 1.77. The second kappa shape index (κ2) is 9.42. The Morgan fingerprint density at radius 2 is 2.00 bits per heavy atom.